The van der Waals surface area contributed by atoms with Gasteiger partial charge in [-0.3, -0.25) is 9.59 Å². The van der Waals surface area contributed by atoms with Gasteiger partial charge in [0.05, 0.1) is 0 Å². The van der Waals surface area contributed by atoms with Crippen molar-refractivity contribution in [2.75, 3.05) is 6.54 Å². The predicted octanol–water partition coefficient (Wildman–Crippen LogP) is 2.13. The molecule has 0 radical (unpaired) electrons. The van der Waals surface area contributed by atoms with Crippen LogP contribution in [0.15, 0.2) is 0 Å². The van der Waals surface area contributed by atoms with E-state index in [1.165, 1.54) is 6.92 Å². The van der Waals surface area contributed by atoms with Crippen LogP contribution in [0, 0.1) is 16.7 Å². The number of carboxylic acid groups (broad SMARTS) is 1. The van der Waals surface area contributed by atoms with E-state index in [1.807, 2.05) is 4.90 Å². The van der Waals surface area contributed by atoms with Crippen molar-refractivity contribution in [1.29, 1.82) is 0 Å². The van der Waals surface area contributed by atoms with Gasteiger partial charge in [-0.05, 0) is 37.0 Å². The minimum absolute atomic E-state index is 0.167. The van der Waals surface area contributed by atoms with Gasteiger partial charge in [0, 0.05) is 12.6 Å². The molecule has 1 saturated carbocycles. The van der Waals surface area contributed by atoms with E-state index < -0.39 is 11.9 Å². The van der Waals surface area contributed by atoms with E-state index >= 15 is 0 Å². The highest BCUT2D eigenvalue weighted by Gasteiger charge is 2.51. The van der Waals surface area contributed by atoms with E-state index in [0.29, 0.717) is 0 Å². The monoisotopic (exact) mass is 253 g/mol. The van der Waals surface area contributed by atoms with Crippen LogP contribution >= 0.6 is 0 Å². The summed E-state index contributed by atoms with van der Waals surface area (Å²) in [5, 5.41) is 8.97. The number of hydrogen-bond acceptors (Lipinski definition) is 2. The zero-order valence-corrected chi connectivity index (χ0v) is 11.7. The Bertz CT molecular complexity index is 391. The first-order valence-electron chi connectivity index (χ1n) is 6.67. The summed E-state index contributed by atoms with van der Waals surface area (Å²) >= 11 is 0. The van der Waals surface area contributed by atoms with E-state index in [0.717, 1.165) is 25.8 Å². The predicted molar refractivity (Wildman–Crippen MR) is 68.0 cm³/mol. The molecule has 1 heterocycles. The lowest BCUT2D eigenvalue weighted by atomic mass is 9.65. The molecular formula is C14H23NO3. The number of carbonyl (C=O) groups excluding carboxylic acids is 1. The third-order valence-electron chi connectivity index (χ3n) is 4.44. The fourth-order valence-corrected chi connectivity index (χ4v) is 4.07. The van der Waals surface area contributed by atoms with Crippen LogP contribution in [0.3, 0.4) is 0 Å². The maximum absolute atomic E-state index is 12.2. The fourth-order valence-electron chi connectivity index (χ4n) is 4.07. The zero-order chi connectivity index (χ0) is 13.7. The van der Waals surface area contributed by atoms with Gasteiger partial charge in [-0.1, -0.05) is 20.8 Å². The number of nitrogens with zero attached hydrogens (tertiary/aromatic N) is 1. The van der Waals surface area contributed by atoms with Crippen molar-refractivity contribution >= 4 is 11.9 Å². The number of likely N-dealkylation sites (tertiary alicyclic amines) is 1. The number of fused-ring (bicyclic) bond motifs is 2. The standard InChI is InChI=1S/C14H23NO3/c1-9(12(17)18)11(16)15-8-14(4)6-10(15)5-13(2,3)7-14/h9-10H,5-8H2,1-4H3,(H,17,18). The molecule has 2 aliphatic rings. The Hall–Kier alpha value is -1.06. The van der Waals surface area contributed by atoms with Crippen molar-refractivity contribution in [3.05, 3.63) is 0 Å². The molecule has 0 aromatic rings. The number of carbonyl (C=O) groups is 2. The Morgan fingerprint density at radius 2 is 1.89 bits per heavy atom. The second-order valence-corrected chi connectivity index (χ2v) is 7.24. The van der Waals surface area contributed by atoms with E-state index in [-0.39, 0.29) is 22.8 Å². The number of aliphatic carboxylic acids is 1. The Kier molecular flexibility index (Phi) is 2.95. The summed E-state index contributed by atoms with van der Waals surface area (Å²) in [6, 6.07) is 0.230. The summed E-state index contributed by atoms with van der Waals surface area (Å²) in [6.45, 7) is 8.91. The molecule has 1 aliphatic heterocycles. The van der Waals surface area contributed by atoms with E-state index in [1.54, 1.807) is 0 Å². The molecule has 2 bridgehead atoms. The van der Waals surface area contributed by atoms with Gasteiger partial charge in [0.2, 0.25) is 5.91 Å². The lowest BCUT2D eigenvalue weighted by molar-refractivity contribution is -0.150. The molecule has 1 amide bonds. The van der Waals surface area contributed by atoms with Crippen LogP contribution in [0.5, 0.6) is 0 Å². The zero-order valence-electron chi connectivity index (χ0n) is 11.7. The summed E-state index contributed by atoms with van der Waals surface area (Å²) in [7, 11) is 0. The molecule has 1 saturated heterocycles. The second kappa shape index (κ2) is 3.97. The van der Waals surface area contributed by atoms with Crippen LogP contribution in [0.2, 0.25) is 0 Å². The second-order valence-electron chi connectivity index (χ2n) is 7.24. The summed E-state index contributed by atoms with van der Waals surface area (Å²) in [5.74, 6) is -2.16. The molecule has 0 spiro atoms. The van der Waals surface area contributed by atoms with Crippen LogP contribution in [0.1, 0.15) is 47.0 Å². The summed E-state index contributed by atoms with van der Waals surface area (Å²) in [6.07, 6.45) is 3.12. The van der Waals surface area contributed by atoms with Gasteiger partial charge in [0.15, 0.2) is 0 Å². The summed E-state index contributed by atoms with van der Waals surface area (Å²) < 4.78 is 0. The average molecular weight is 253 g/mol. The summed E-state index contributed by atoms with van der Waals surface area (Å²) in [5.41, 5.74) is 0.416. The lowest BCUT2D eigenvalue weighted by Crippen LogP contribution is -2.42. The van der Waals surface area contributed by atoms with Gasteiger partial charge in [-0.2, -0.15) is 0 Å². The van der Waals surface area contributed by atoms with Gasteiger partial charge in [0.25, 0.3) is 0 Å². The molecule has 2 fully saturated rings. The van der Waals surface area contributed by atoms with Gasteiger partial charge in [-0.15, -0.1) is 0 Å². The summed E-state index contributed by atoms with van der Waals surface area (Å²) in [4.78, 5) is 25.0. The topological polar surface area (TPSA) is 57.6 Å². The minimum Gasteiger partial charge on any atom is -0.481 e. The highest BCUT2D eigenvalue weighted by atomic mass is 16.4. The molecule has 0 aromatic carbocycles. The van der Waals surface area contributed by atoms with Crippen LogP contribution in [-0.4, -0.2) is 34.5 Å². The Labute approximate surface area is 108 Å². The highest BCUT2D eigenvalue weighted by Crippen LogP contribution is 2.52. The van der Waals surface area contributed by atoms with Crippen molar-refractivity contribution in [2.45, 2.75) is 53.0 Å². The number of carboxylic acids is 1. The van der Waals surface area contributed by atoms with E-state index in [2.05, 4.69) is 20.8 Å². The molecular weight excluding hydrogens is 230 g/mol. The molecule has 18 heavy (non-hydrogen) atoms. The first-order chi connectivity index (χ1) is 8.14. The Balaban J connectivity index is 2.18. The van der Waals surface area contributed by atoms with Crippen LogP contribution in [-0.2, 0) is 9.59 Å². The first-order valence-corrected chi connectivity index (χ1v) is 6.67. The highest BCUT2D eigenvalue weighted by molar-refractivity contribution is 5.96. The fraction of sp³-hybridized carbons (Fsp3) is 0.857. The number of hydrogen-bond donors (Lipinski definition) is 1. The van der Waals surface area contributed by atoms with Gasteiger partial charge in [-0.25, -0.2) is 0 Å². The van der Waals surface area contributed by atoms with Gasteiger partial charge < -0.3 is 10.0 Å². The molecule has 4 heteroatoms. The van der Waals surface area contributed by atoms with Crippen molar-refractivity contribution in [3.8, 4) is 0 Å². The SMILES string of the molecule is CC(C(=O)O)C(=O)N1CC2(C)CC1CC(C)(C)C2. The van der Waals surface area contributed by atoms with Crippen LogP contribution in [0.4, 0.5) is 0 Å². The normalized spacial score (nSPS) is 35.3. The molecule has 102 valence electrons. The quantitative estimate of drug-likeness (QED) is 0.767. The number of rotatable bonds is 2. The maximum Gasteiger partial charge on any atom is 0.315 e. The van der Waals surface area contributed by atoms with E-state index in [9.17, 15) is 9.59 Å². The Morgan fingerprint density at radius 3 is 2.44 bits per heavy atom. The molecule has 1 N–H and O–H groups in total. The minimum atomic E-state index is -1.02. The van der Waals surface area contributed by atoms with Crippen LogP contribution < -0.4 is 0 Å². The molecule has 1 aliphatic carbocycles. The number of amides is 1. The largest absolute Gasteiger partial charge is 0.481 e. The van der Waals surface area contributed by atoms with Crippen molar-refractivity contribution < 1.29 is 14.7 Å². The van der Waals surface area contributed by atoms with E-state index in [4.69, 9.17) is 5.11 Å². The molecule has 0 aromatic heterocycles. The lowest BCUT2D eigenvalue weighted by Gasteiger charge is -2.39. The average Bonchev–Trinajstić information content (AvgIpc) is 2.45. The third-order valence-corrected chi connectivity index (χ3v) is 4.44. The van der Waals surface area contributed by atoms with Crippen molar-refractivity contribution in [2.24, 2.45) is 16.7 Å². The molecule has 2 rings (SSSR count). The molecule has 3 unspecified atom stereocenters. The van der Waals surface area contributed by atoms with Crippen molar-refractivity contribution in [1.82, 2.24) is 4.90 Å². The smallest absolute Gasteiger partial charge is 0.315 e. The molecule has 3 atom stereocenters. The first kappa shape index (κ1) is 13.4. The van der Waals surface area contributed by atoms with Gasteiger partial charge in [0.1, 0.15) is 5.92 Å². The molecule has 4 nitrogen and oxygen atoms in total. The Morgan fingerprint density at radius 1 is 1.28 bits per heavy atom. The van der Waals surface area contributed by atoms with Crippen LogP contribution in [0.25, 0.3) is 0 Å². The van der Waals surface area contributed by atoms with Gasteiger partial charge >= 0.3 is 5.97 Å². The van der Waals surface area contributed by atoms with Crippen molar-refractivity contribution in [3.63, 3.8) is 0 Å². The third kappa shape index (κ3) is 2.25. The maximum atomic E-state index is 12.2.